The highest BCUT2D eigenvalue weighted by atomic mass is 127. The molecule has 0 amide bonds. The molecule has 0 fully saturated rings. The van der Waals surface area contributed by atoms with Gasteiger partial charge >= 0.3 is 0 Å². The van der Waals surface area contributed by atoms with E-state index in [1.807, 2.05) is 29.5 Å². The van der Waals surface area contributed by atoms with E-state index < -0.39 is 10.1 Å². The van der Waals surface area contributed by atoms with Crippen molar-refractivity contribution in [3.63, 3.8) is 0 Å². The predicted octanol–water partition coefficient (Wildman–Crippen LogP) is 2.09. The molecule has 0 saturated heterocycles. The topological polar surface area (TPSA) is 43.4 Å². The summed E-state index contributed by atoms with van der Waals surface area (Å²) < 4.78 is 27.4. The Morgan fingerprint density at radius 2 is 1.85 bits per heavy atom. The zero-order chi connectivity index (χ0) is 9.90. The number of halogens is 1. The van der Waals surface area contributed by atoms with Crippen molar-refractivity contribution in [3.8, 4) is 0 Å². The Morgan fingerprint density at radius 1 is 1.31 bits per heavy atom. The van der Waals surface area contributed by atoms with Gasteiger partial charge < -0.3 is 0 Å². The third kappa shape index (κ3) is 2.92. The van der Waals surface area contributed by atoms with Gasteiger partial charge in [-0.05, 0) is 19.1 Å². The van der Waals surface area contributed by atoms with E-state index in [0.717, 1.165) is 5.56 Å². The molecule has 0 bridgehead atoms. The molecule has 0 aliphatic rings. The van der Waals surface area contributed by atoms with E-state index >= 15 is 0 Å². The summed E-state index contributed by atoms with van der Waals surface area (Å²) in [6, 6.07) is 6.56. The van der Waals surface area contributed by atoms with Crippen molar-refractivity contribution in [1.82, 2.24) is 0 Å². The van der Waals surface area contributed by atoms with E-state index in [9.17, 15) is 8.42 Å². The molecule has 0 atom stereocenters. The Kier molecular flexibility index (Phi) is 3.69. The first-order valence-electron chi connectivity index (χ1n) is 3.58. The highest BCUT2D eigenvalue weighted by Gasteiger charge is 2.13. The van der Waals surface area contributed by atoms with E-state index in [4.69, 9.17) is 0 Å². The summed E-state index contributed by atoms with van der Waals surface area (Å²) >= 11 is 1.84. The maximum absolute atomic E-state index is 11.3. The normalized spacial score (nSPS) is 11.5. The molecule has 0 aromatic heterocycles. The van der Waals surface area contributed by atoms with Crippen molar-refractivity contribution >= 4 is 32.7 Å². The molecule has 1 aromatic carbocycles. The maximum atomic E-state index is 11.3. The first-order chi connectivity index (χ1) is 6.06. The summed E-state index contributed by atoms with van der Waals surface area (Å²) in [5.74, 6) is 0. The molecule has 0 N–H and O–H groups in total. The van der Waals surface area contributed by atoms with Crippen LogP contribution in [0.25, 0.3) is 0 Å². The van der Waals surface area contributed by atoms with Crippen LogP contribution in [0.5, 0.6) is 0 Å². The van der Waals surface area contributed by atoms with Gasteiger partial charge in [-0.1, -0.05) is 40.3 Å². The summed E-state index contributed by atoms with van der Waals surface area (Å²) in [5.41, 5.74) is 1.02. The first-order valence-corrected chi connectivity index (χ1v) is 6.52. The molecule has 0 unspecified atom stereocenters. The van der Waals surface area contributed by atoms with Gasteiger partial charge in [0, 0.05) is 0 Å². The van der Waals surface area contributed by atoms with Crippen molar-refractivity contribution in [2.75, 3.05) is 4.61 Å². The number of alkyl halides is 1. The number of aryl methyl sites for hydroxylation is 1. The van der Waals surface area contributed by atoms with Gasteiger partial charge in [0.05, 0.1) is 4.90 Å². The van der Waals surface area contributed by atoms with Crippen LogP contribution in [-0.2, 0) is 14.3 Å². The minimum absolute atomic E-state index is 0.133. The number of rotatable bonds is 3. The van der Waals surface area contributed by atoms with E-state index in [1.165, 1.54) is 12.1 Å². The first kappa shape index (κ1) is 10.9. The van der Waals surface area contributed by atoms with Crippen molar-refractivity contribution in [2.45, 2.75) is 11.8 Å². The Morgan fingerprint density at radius 3 is 2.31 bits per heavy atom. The minimum Gasteiger partial charge on any atom is -0.256 e. The van der Waals surface area contributed by atoms with E-state index in [1.54, 1.807) is 12.1 Å². The summed E-state index contributed by atoms with van der Waals surface area (Å²) in [7, 11) is -3.53. The monoisotopic (exact) mass is 312 g/mol. The van der Waals surface area contributed by atoms with Crippen LogP contribution in [0.1, 0.15) is 5.56 Å². The Labute approximate surface area is 91.4 Å². The smallest absolute Gasteiger partial charge is 0.256 e. The predicted molar refractivity (Wildman–Crippen MR) is 58.3 cm³/mol. The lowest BCUT2D eigenvalue weighted by atomic mass is 10.2. The average Bonchev–Trinajstić information content (AvgIpc) is 2.05. The van der Waals surface area contributed by atoms with Crippen LogP contribution in [0.2, 0.25) is 0 Å². The molecular formula is C8H9IO3S. The van der Waals surface area contributed by atoms with E-state index in [0.29, 0.717) is 0 Å². The minimum atomic E-state index is -3.53. The molecule has 13 heavy (non-hydrogen) atoms. The van der Waals surface area contributed by atoms with Gasteiger partial charge in [-0.3, -0.25) is 4.18 Å². The molecule has 0 aliphatic carbocycles. The number of hydrogen-bond acceptors (Lipinski definition) is 3. The van der Waals surface area contributed by atoms with Crippen LogP contribution in [-0.4, -0.2) is 13.0 Å². The fraction of sp³-hybridized carbons (Fsp3) is 0.250. The summed E-state index contributed by atoms with van der Waals surface area (Å²) in [5, 5.41) is 0. The fourth-order valence-corrected chi connectivity index (χ4v) is 2.56. The van der Waals surface area contributed by atoms with Crippen LogP contribution < -0.4 is 0 Å². The van der Waals surface area contributed by atoms with E-state index in [2.05, 4.69) is 4.18 Å². The van der Waals surface area contributed by atoms with Crippen LogP contribution in [0.15, 0.2) is 29.2 Å². The van der Waals surface area contributed by atoms with Gasteiger partial charge in [0.1, 0.15) is 4.61 Å². The molecule has 0 spiro atoms. The standard InChI is InChI=1S/C8H9IO3S/c1-7-2-4-8(5-3-7)13(10,11)12-6-9/h2-5H,6H2,1H3. The second-order valence-corrected chi connectivity index (χ2v) is 4.73. The van der Waals surface area contributed by atoms with Gasteiger partial charge in [-0.15, -0.1) is 0 Å². The lowest BCUT2D eigenvalue weighted by Gasteiger charge is -2.02. The van der Waals surface area contributed by atoms with Crippen molar-refractivity contribution in [2.24, 2.45) is 0 Å². The molecule has 5 heteroatoms. The van der Waals surface area contributed by atoms with Crippen LogP contribution in [0, 0.1) is 6.92 Å². The Hall–Kier alpha value is -0.140. The third-order valence-electron chi connectivity index (χ3n) is 1.51. The molecule has 72 valence electrons. The molecule has 0 aliphatic heterocycles. The molecule has 0 saturated carbocycles. The number of benzene rings is 1. The molecule has 1 rings (SSSR count). The average molecular weight is 312 g/mol. The Bertz CT molecular complexity index is 369. The zero-order valence-corrected chi connectivity index (χ0v) is 10.0. The summed E-state index contributed by atoms with van der Waals surface area (Å²) in [4.78, 5) is 0.203. The lowest BCUT2D eigenvalue weighted by Crippen LogP contribution is -2.04. The highest BCUT2D eigenvalue weighted by Crippen LogP contribution is 2.13. The van der Waals surface area contributed by atoms with Crippen LogP contribution in [0.4, 0.5) is 0 Å². The van der Waals surface area contributed by atoms with Crippen molar-refractivity contribution < 1.29 is 12.6 Å². The van der Waals surface area contributed by atoms with E-state index in [-0.39, 0.29) is 9.51 Å². The molecule has 0 radical (unpaired) electrons. The molecule has 0 heterocycles. The second kappa shape index (κ2) is 4.39. The quantitative estimate of drug-likeness (QED) is 0.488. The molecule has 3 nitrogen and oxygen atoms in total. The molecular weight excluding hydrogens is 303 g/mol. The van der Waals surface area contributed by atoms with Gasteiger partial charge in [-0.25, -0.2) is 0 Å². The van der Waals surface area contributed by atoms with Crippen LogP contribution in [0.3, 0.4) is 0 Å². The zero-order valence-electron chi connectivity index (χ0n) is 7.03. The summed E-state index contributed by atoms with van der Waals surface area (Å²) in [6.45, 7) is 1.90. The largest absolute Gasteiger partial charge is 0.297 e. The van der Waals surface area contributed by atoms with Gasteiger partial charge in [0.15, 0.2) is 0 Å². The maximum Gasteiger partial charge on any atom is 0.297 e. The van der Waals surface area contributed by atoms with Crippen LogP contribution >= 0.6 is 22.6 Å². The fourth-order valence-electron chi connectivity index (χ4n) is 0.832. The Balaban J connectivity index is 3.02. The second-order valence-electron chi connectivity index (χ2n) is 2.49. The van der Waals surface area contributed by atoms with Crippen molar-refractivity contribution in [1.29, 1.82) is 0 Å². The van der Waals surface area contributed by atoms with Crippen molar-refractivity contribution in [3.05, 3.63) is 29.8 Å². The SMILES string of the molecule is Cc1ccc(S(=O)(=O)OCI)cc1. The summed E-state index contributed by atoms with van der Waals surface area (Å²) in [6.07, 6.45) is 0. The number of hydrogen-bond donors (Lipinski definition) is 0. The lowest BCUT2D eigenvalue weighted by molar-refractivity contribution is 0.390. The highest BCUT2D eigenvalue weighted by molar-refractivity contribution is 14.1. The van der Waals surface area contributed by atoms with Gasteiger partial charge in [0.25, 0.3) is 10.1 Å². The molecule has 1 aromatic rings. The van der Waals surface area contributed by atoms with Gasteiger partial charge in [-0.2, -0.15) is 8.42 Å². The van der Waals surface area contributed by atoms with Gasteiger partial charge in [0.2, 0.25) is 0 Å². The third-order valence-corrected chi connectivity index (χ3v) is 3.52.